The van der Waals surface area contributed by atoms with E-state index in [4.69, 9.17) is 9.47 Å². The molecule has 1 aliphatic rings. The zero-order valence-corrected chi connectivity index (χ0v) is 13.6. The van der Waals surface area contributed by atoms with Crippen LogP contribution in [0.15, 0.2) is 0 Å². The molecule has 0 aromatic heterocycles. The van der Waals surface area contributed by atoms with E-state index in [1.807, 2.05) is 6.92 Å². The minimum atomic E-state index is -2.52. The summed E-state index contributed by atoms with van der Waals surface area (Å²) in [5.41, 5.74) is -2.52. The highest BCUT2D eigenvalue weighted by Gasteiger charge is 2.59. The molecule has 0 aromatic carbocycles. The van der Waals surface area contributed by atoms with E-state index in [1.165, 1.54) is 6.92 Å². The zero-order valence-electron chi connectivity index (χ0n) is 13.6. The maximum Gasteiger partial charge on any atom is 0.202 e. The zero-order chi connectivity index (χ0) is 17.8. The highest BCUT2D eigenvalue weighted by molar-refractivity contribution is 5.86. The van der Waals surface area contributed by atoms with Crippen LogP contribution in [-0.4, -0.2) is 74.9 Å². The lowest BCUT2D eigenvalue weighted by Crippen LogP contribution is -2.70. The summed E-state index contributed by atoms with van der Waals surface area (Å²) in [5.74, 6) is -1.18. The molecule has 8 heteroatoms. The Kier molecular flexibility index (Phi) is 7.25. The molecule has 4 N–H and O–H groups in total. The Morgan fingerprint density at radius 2 is 1.91 bits per heavy atom. The van der Waals surface area contributed by atoms with Gasteiger partial charge in [0.1, 0.15) is 24.4 Å². The van der Waals surface area contributed by atoms with Crippen molar-refractivity contribution in [2.45, 2.75) is 76.3 Å². The SMILES string of the molecule is CCCCC(O[C@H]1O[C@H](CO)[C@@H](O)[C@H](O)[C@]1(O)C(C)=O)C(C)=O. The van der Waals surface area contributed by atoms with Gasteiger partial charge >= 0.3 is 0 Å². The van der Waals surface area contributed by atoms with Crippen LogP contribution in [0, 0.1) is 0 Å². The first-order valence-corrected chi connectivity index (χ1v) is 7.71. The molecule has 1 fully saturated rings. The first kappa shape index (κ1) is 20.1. The first-order valence-electron chi connectivity index (χ1n) is 7.71. The van der Waals surface area contributed by atoms with E-state index in [-0.39, 0.29) is 5.78 Å². The molecule has 1 heterocycles. The smallest absolute Gasteiger partial charge is 0.202 e. The molecule has 0 bridgehead atoms. The molecule has 1 unspecified atom stereocenters. The van der Waals surface area contributed by atoms with Crippen LogP contribution in [0.1, 0.15) is 40.0 Å². The van der Waals surface area contributed by atoms with Crippen LogP contribution in [0.3, 0.4) is 0 Å². The quantitative estimate of drug-likeness (QED) is 0.440. The number of rotatable bonds is 8. The third kappa shape index (κ3) is 4.14. The molecule has 0 aliphatic carbocycles. The number of hydrogen-bond donors (Lipinski definition) is 4. The lowest BCUT2D eigenvalue weighted by molar-refractivity contribution is -0.335. The van der Waals surface area contributed by atoms with Crippen LogP contribution < -0.4 is 0 Å². The normalized spacial score (nSPS) is 35.8. The van der Waals surface area contributed by atoms with Gasteiger partial charge in [-0.1, -0.05) is 19.8 Å². The van der Waals surface area contributed by atoms with Crippen molar-refractivity contribution in [2.24, 2.45) is 0 Å². The van der Waals surface area contributed by atoms with Crippen molar-refractivity contribution in [1.29, 1.82) is 0 Å². The summed E-state index contributed by atoms with van der Waals surface area (Å²) < 4.78 is 10.7. The molecule has 0 aromatic rings. The van der Waals surface area contributed by atoms with Gasteiger partial charge in [0, 0.05) is 0 Å². The average molecular weight is 334 g/mol. The molecular formula is C15H26O8. The summed E-state index contributed by atoms with van der Waals surface area (Å²) in [6.07, 6.45) is -5.54. The Hall–Kier alpha value is -0.900. The van der Waals surface area contributed by atoms with Crippen molar-refractivity contribution in [2.75, 3.05) is 6.61 Å². The molecule has 1 aliphatic heterocycles. The van der Waals surface area contributed by atoms with Crippen LogP contribution in [-0.2, 0) is 19.1 Å². The number of aliphatic hydroxyl groups is 4. The monoisotopic (exact) mass is 334 g/mol. The largest absolute Gasteiger partial charge is 0.394 e. The third-order valence-electron chi connectivity index (χ3n) is 4.12. The minimum Gasteiger partial charge on any atom is -0.394 e. The van der Waals surface area contributed by atoms with E-state index in [9.17, 15) is 30.0 Å². The first-order chi connectivity index (χ1) is 10.7. The number of ether oxygens (including phenoxy) is 2. The summed E-state index contributed by atoms with van der Waals surface area (Å²) >= 11 is 0. The van der Waals surface area contributed by atoms with Gasteiger partial charge in [-0.2, -0.15) is 0 Å². The molecule has 134 valence electrons. The molecule has 0 spiro atoms. The molecule has 0 amide bonds. The number of unbranched alkanes of at least 4 members (excludes halogenated alkanes) is 1. The Balaban J connectivity index is 3.06. The predicted octanol–water partition coefficient (Wildman–Crippen LogP) is -1.09. The Labute approximate surface area is 135 Å². The second-order valence-electron chi connectivity index (χ2n) is 5.88. The number of aliphatic hydroxyl groups excluding tert-OH is 3. The number of carbonyl (C=O) groups excluding carboxylic acids is 2. The van der Waals surface area contributed by atoms with Gasteiger partial charge in [-0.15, -0.1) is 0 Å². The number of Topliss-reactive ketones (excluding diaryl/α,β-unsaturated/α-hetero) is 2. The van der Waals surface area contributed by atoms with E-state index in [0.29, 0.717) is 12.8 Å². The van der Waals surface area contributed by atoms with Gasteiger partial charge in [0.05, 0.1) is 6.61 Å². The molecule has 0 saturated carbocycles. The Morgan fingerprint density at radius 1 is 1.30 bits per heavy atom. The fraction of sp³-hybridized carbons (Fsp3) is 0.867. The van der Waals surface area contributed by atoms with E-state index in [1.54, 1.807) is 0 Å². The van der Waals surface area contributed by atoms with Crippen LogP contribution in [0.2, 0.25) is 0 Å². The standard InChI is InChI=1S/C15H26O8/c1-4-5-6-10(8(2)17)22-14-15(21,9(3)18)13(20)12(19)11(7-16)23-14/h10-14,16,19-21H,4-7H2,1-3H3/t10?,11-,12-,13+,14+,15-/m1/s1. The minimum absolute atomic E-state index is 0.311. The van der Waals surface area contributed by atoms with Gasteiger partial charge in [0.15, 0.2) is 17.9 Å². The van der Waals surface area contributed by atoms with Crippen LogP contribution in [0.5, 0.6) is 0 Å². The van der Waals surface area contributed by atoms with Crippen molar-refractivity contribution < 1.29 is 39.5 Å². The van der Waals surface area contributed by atoms with E-state index < -0.39 is 48.7 Å². The van der Waals surface area contributed by atoms with Gasteiger partial charge in [-0.25, -0.2) is 0 Å². The molecule has 23 heavy (non-hydrogen) atoms. The third-order valence-corrected chi connectivity index (χ3v) is 4.12. The highest BCUT2D eigenvalue weighted by Crippen LogP contribution is 2.33. The number of carbonyl (C=O) groups is 2. The molecule has 1 saturated heterocycles. The van der Waals surface area contributed by atoms with E-state index >= 15 is 0 Å². The van der Waals surface area contributed by atoms with Crippen molar-refractivity contribution in [3.63, 3.8) is 0 Å². The summed E-state index contributed by atoms with van der Waals surface area (Å²) in [6.45, 7) is 3.61. The van der Waals surface area contributed by atoms with Crippen molar-refractivity contribution in [3.8, 4) is 0 Å². The Bertz CT molecular complexity index is 426. The molecular weight excluding hydrogens is 308 g/mol. The van der Waals surface area contributed by atoms with E-state index in [2.05, 4.69) is 0 Å². The van der Waals surface area contributed by atoms with Gasteiger partial charge in [-0.05, 0) is 20.3 Å². The van der Waals surface area contributed by atoms with Gasteiger partial charge in [-0.3, -0.25) is 9.59 Å². The molecule has 8 nitrogen and oxygen atoms in total. The fourth-order valence-electron chi connectivity index (χ4n) is 2.51. The summed E-state index contributed by atoms with van der Waals surface area (Å²) in [7, 11) is 0. The highest BCUT2D eigenvalue weighted by atomic mass is 16.7. The maximum atomic E-state index is 11.8. The lowest BCUT2D eigenvalue weighted by atomic mass is 9.83. The van der Waals surface area contributed by atoms with Crippen LogP contribution in [0.4, 0.5) is 0 Å². The molecule has 0 radical (unpaired) electrons. The van der Waals surface area contributed by atoms with Crippen molar-refractivity contribution in [1.82, 2.24) is 0 Å². The van der Waals surface area contributed by atoms with Gasteiger partial charge in [0.25, 0.3) is 0 Å². The second kappa shape index (κ2) is 8.27. The number of hydrogen-bond acceptors (Lipinski definition) is 8. The van der Waals surface area contributed by atoms with Crippen molar-refractivity contribution >= 4 is 11.6 Å². The maximum absolute atomic E-state index is 11.8. The lowest BCUT2D eigenvalue weighted by Gasteiger charge is -2.46. The number of ketones is 2. The summed E-state index contributed by atoms with van der Waals surface area (Å²) in [4.78, 5) is 23.5. The summed E-state index contributed by atoms with van der Waals surface area (Å²) in [5, 5.41) is 39.7. The molecule has 1 rings (SSSR count). The summed E-state index contributed by atoms with van der Waals surface area (Å²) in [6, 6.07) is 0. The van der Waals surface area contributed by atoms with E-state index in [0.717, 1.165) is 13.3 Å². The predicted molar refractivity (Wildman–Crippen MR) is 78.5 cm³/mol. The average Bonchev–Trinajstić information content (AvgIpc) is 2.50. The second-order valence-corrected chi connectivity index (χ2v) is 5.88. The molecule has 6 atom stereocenters. The van der Waals surface area contributed by atoms with Gasteiger partial charge < -0.3 is 29.9 Å². The van der Waals surface area contributed by atoms with Crippen molar-refractivity contribution in [3.05, 3.63) is 0 Å². The fourth-order valence-corrected chi connectivity index (χ4v) is 2.51. The topological polar surface area (TPSA) is 134 Å². The van der Waals surface area contributed by atoms with Crippen LogP contribution >= 0.6 is 0 Å². The van der Waals surface area contributed by atoms with Crippen LogP contribution in [0.25, 0.3) is 0 Å². The Morgan fingerprint density at radius 3 is 2.35 bits per heavy atom. The van der Waals surface area contributed by atoms with Gasteiger partial charge in [0.2, 0.25) is 5.60 Å².